The summed E-state index contributed by atoms with van der Waals surface area (Å²) in [5.41, 5.74) is 4.45. The maximum absolute atomic E-state index is 5.51. The van der Waals surface area contributed by atoms with Crippen molar-refractivity contribution < 1.29 is 4.74 Å². The number of ether oxygens (including phenoxy) is 1. The second-order valence-corrected chi connectivity index (χ2v) is 9.41. The fourth-order valence-corrected chi connectivity index (χ4v) is 6.23. The van der Waals surface area contributed by atoms with Crippen LogP contribution in [0, 0.1) is 0 Å². The lowest BCUT2D eigenvalue weighted by Crippen LogP contribution is -2.36. The first-order chi connectivity index (χ1) is 14.3. The zero-order chi connectivity index (χ0) is 19.2. The van der Waals surface area contributed by atoms with Crippen LogP contribution in [0.1, 0.15) is 33.8 Å². The van der Waals surface area contributed by atoms with Crippen molar-refractivity contribution in [2.24, 2.45) is 0 Å². The molecule has 2 aliphatic heterocycles. The van der Waals surface area contributed by atoms with Crippen LogP contribution in [0.4, 0.5) is 5.82 Å². The van der Waals surface area contributed by atoms with E-state index < -0.39 is 0 Å². The standard InChI is InChI=1S/C23H26N4OS/c1-2-5-17-14-27(9-8-16(17)4-1)22-21-18-6-3-7-19(18)29-23(21)25-20(24-22)15-26-10-12-28-13-11-26/h1-2,4-5H,3,6-15H2. The predicted molar refractivity (Wildman–Crippen MR) is 117 cm³/mol. The number of hydrogen-bond donors (Lipinski definition) is 0. The number of aromatic nitrogens is 2. The number of benzene rings is 1. The van der Waals surface area contributed by atoms with Crippen molar-refractivity contribution in [2.75, 3.05) is 37.7 Å². The summed E-state index contributed by atoms with van der Waals surface area (Å²) in [7, 11) is 0. The Morgan fingerprint density at radius 3 is 2.72 bits per heavy atom. The van der Waals surface area contributed by atoms with Crippen molar-refractivity contribution in [3.63, 3.8) is 0 Å². The fraction of sp³-hybridized carbons (Fsp3) is 0.478. The quantitative estimate of drug-likeness (QED) is 0.665. The molecule has 0 spiro atoms. The number of aryl methyl sites for hydroxylation is 2. The molecule has 1 aromatic carbocycles. The lowest BCUT2D eigenvalue weighted by Gasteiger charge is -2.31. The molecule has 3 aromatic rings. The number of anilines is 1. The molecule has 0 bridgehead atoms. The Bertz CT molecular complexity index is 1060. The van der Waals surface area contributed by atoms with Gasteiger partial charge in [-0.3, -0.25) is 4.90 Å². The van der Waals surface area contributed by atoms with Gasteiger partial charge in [0.25, 0.3) is 0 Å². The normalized spacial score (nSPS) is 19.5. The van der Waals surface area contributed by atoms with E-state index in [2.05, 4.69) is 34.1 Å². The van der Waals surface area contributed by atoms with E-state index in [0.29, 0.717) is 0 Å². The van der Waals surface area contributed by atoms with Crippen LogP contribution in [0.25, 0.3) is 10.2 Å². The highest BCUT2D eigenvalue weighted by molar-refractivity contribution is 7.19. The van der Waals surface area contributed by atoms with E-state index in [1.165, 1.54) is 56.9 Å². The summed E-state index contributed by atoms with van der Waals surface area (Å²) in [6.07, 6.45) is 4.75. The molecule has 150 valence electrons. The van der Waals surface area contributed by atoms with Crippen LogP contribution in [0.15, 0.2) is 24.3 Å². The van der Waals surface area contributed by atoms with Crippen molar-refractivity contribution in [3.8, 4) is 0 Å². The Labute approximate surface area is 175 Å². The molecule has 6 rings (SSSR count). The number of fused-ring (bicyclic) bond motifs is 4. The van der Waals surface area contributed by atoms with Gasteiger partial charge in [-0.15, -0.1) is 11.3 Å². The fourth-order valence-electron chi connectivity index (χ4n) is 4.95. The number of hydrogen-bond acceptors (Lipinski definition) is 6. The number of nitrogens with zero attached hydrogens (tertiary/aromatic N) is 4. The van der Waals surface area contributed by atoms with Gasteiger partial charge in [-0.2, -0.15) is 0 Å². The van der Waals surface area contributed by atoms with E-state index >= 15 is 0 Å². The van der Waals surface area contributed by atoms with Gasteiger partial charge in [0.15, 0.2) is 0 Å². The average molecular weight is 407 g/mol. The van der Waals surface area contributed by atoms with Gasteiger partial charge in [0, 0.05) is 31.1 Å². The highest BCUT2D eigenvalue weighted by Gasteiger charge is 2.27. The van der Waals surface area contributed by atoms with Crippen molar-refractivity contribution in [2.45, 2.75) is 38.8 Å². The molecule has 0 atom stereocenters. The third-order valence-electron chi connectivity index (χ3n) is 6.49. The van der Waals surface area contributed by atoms with Gasteiger partial charge < -0.3 is 9.64 Å². The number of rotatable bonds is 3. The van der Waals surface area contributed by atoms with Crippen molar-refractivity contribution in [3.05, 3.63) is 51.7 Å². The lowest BCUT2D eigenvalue weighted by molar-refractivity contribution is 0.0331. The zero-order valence-electron chi connectivity index (χ0n) is 16.7. The molecular formula is C23H26N4OS. The molecule has 0 unspecified atom stereocenters. The van der Waals surface area contributed by atoms with Crippen LogP contribution in [-0.4, -0.2) is 47.7 Å². The van der Waals surface area contributed by atoms with Gasteiger partial charge in [-0.25, -0.2) is 9.97 Å². The van der Waals surface area contributed by atoms with E-state index in [-0.39, 0.29) is 0 Å². The Balaban J connectivity index is 1.41. The molecular weight excluding hydrogens is 380 g/mol. The highest BCUT2D eigenvalue weighted by Crippen LogP contribution is 2.41. The Hall–Kier alpha value is -2.02. The first-order valence-corrected chi connectivity index (χ1v) is 11.6. The van der Waals surface area contributed by atoms with Crippen LogP contribution in [0.3, 0.4) is 0 Å². The van der Waals surface area contributed by atoms with Crippen molar-refractivity contribution >= 4 is 27.4 Å². The summed E-state index contributed by atoms with van der Waals surface area (Å²) >= 11 is 1.91. The second-order valence-electron chi connectivity index (χ2n) is 8.33. The van der Waals surface area contributed by atoms with Crippen molar-refractivity contribution in [1.29, 1.82) is 0 Å². The van der Waals surface area contributed by atoms with Gasteiger partial charge in [0.2, 0.25) is 0 Å². The molecule has 0 radical (unpaired) electrons. The summed E-state index contributed by atoms with van der Waals surface area (Å²) in [4.78, 5) is 17.9. The maximum atomic E-state index is 5.51. The van der Waals surface area contributed by atoms with Crippen molar-refractivity contribution in [1.82, 2.24) is 14.9 Å². The molecule has 0 amide bonds. The monoisotopic (exact) mass is 406 g/mol. The minimum Gasteiger partial charge on any atom is -0.379 e. The minimum atomic E-state index is 0.811. The number of thiophene rings is 1. The molecule has 1 saturated heterocycles. The molecule has 5 nitrogen and oxygen atoms in total. The third-order valence-corrected chi connectivity index (χ3v) is 7.68. The summed E-state index contributed by atoms with van der Waals surface area (Å²) in [5.74, 6) is 2.14. The maximum Gasteiger partial charge on any atom is 0.146 e. The lowest BCUT2D eigenvalue weighted by atomic mass is 9.99. The van der Waals surface area contributed by atoms with E-state index in [0.717, 1.165) is 58.2 Å². The summed E-state index contributed by atoms with van der Waals surface area (Å²) < 4.78 is 5.51. The van der Waals surface area contributed by atoms with E-state index in [9.17, 15) is 0 Å². The molecule has 1 fully saturated rings. The molecule has 0 saturated carbocycles. The Morgan fingerprint density at radius 2 is 1.83 bits per heavy atom. The Kier molecular flexibility index (Phi) is 4.51. The SMILES string of the molecule is c1ccc2c(c1)CCN(c1nc(CN3CCOCC3)nc3sc4c(c13)CCC4)C2. The summed E-state index contributed by atoms with van der Waals surface area (Å²) in [6, 6.07) is 8.86. The van der Waals surface area contributed by atoms with Crippen LogP contribution in [-0.2, 0) is 37.1 Å². The van der Waals surface area contributed by atoms with E-state index in [4.69, 9.17) is 14.7 Å². The van der Waals surface area contributed by atoms with Crippen LogP contribution in [0.5, 0.6) is 0 Å². The van der Waals surface area contributed by atoms with Gasteiger partial charge in [0.1, 0.15) is 16.5 Å². The van der Waals surface area contributed by atoms with Crippen LogP contribution >= 0.6 is 11.3 Å². The smallest absolute Gasteiger partial charge is 0.146 e. The van der Waals surface area contributed by atoms with E-state index in [1.54, 1.807) is 0 Å². The van der Waals surface area contributed by atoms with Crippen LogP contribution in [0.2, 0.25) is 0 Å². The molecule has 0 N–H and O–H groups in total. The zero-order valence-corrected chi connectivity index (χ0v) is 17.5. The molecule has 2 aromatic heterocycles. The first-order valence-electron chi connectivity index (χ1n) is 10.8. The van der Waals surface area contributed by atoms with E-state index in [1.807, 2.05) is 11.3 Å². The highest BCUT2D eigenvalue weighted by atomic mass is 32.1. The summed E-state index contributed by atoms with van der Waals surface area (Å²) in [6.45, 7) is 6.36. The van der Waals surface area contributed by atoms with Gasteiger partial charge in [-0.05, 0) is 42.4 Å². The molecule has 29 heavy (non-hydrogen) atoms. The van der Waals surface area contributed by atoms with Gasteiger partial charge in [0.05, 0.1) is 25.1 Å². The molecule has 3 aliphatic rings. The summed E-state index contributed by atoms with van der Waals surface area (Å²) in [5, 5.41) is 1.34. The number of morpholine rings is 1. The molecule has 4 heterocycles. The van der Waals surface area contributed by atoms with Gasteiger partial charge in [-0.1, -0.05) is 24.3 Å². The predicted octanol–water partition coefficient (Wildman–Crippen LogP) is 3.57. The van der Waals surface area contributed by atoms with Gasteiger partial charge >= 0.3 is 0 Å². The Morgan fingerprint density at radius 1 is 0.966 bits per heavy atom. The van der Waals surface area contributed by atoms with Crippen LogP contribution < -0.4 is 4.90 Å². The minimum absolute atomic E-state index is 0.811. The third kappa shape index (κ3) is 3.23. The second kappa shape index (κ2) is 7.35. The largest absolute Gasteiger partial charge is 0.379 e. The topological polar surface area (TPSA) is 41.5 Å². The molecule has 1 aliphatic carbocycles. The average Bonchev–Trinajstić information content (AvgIpc) is 3.35. The first kappa shape index (κ1) is 17.8. The molecule has 6 heteroatoms.